The lowest BCUT2D eigenvalue weighted by Crippen LogP contribution is -1.98. The highest BCUT2D eigenvalue weighted by atomic mass is 19.1. The van der Waals surface area contributed by atoms with E-state index in [4.69, 9.17) is 0 Å². The van der Waals surface area contributed by atoms with E-state index < -0.39 is 11.6 Å². The molecule has 0 aliphatic heterocycles. The third kappa shape index (κ3) is 22.4. The molecule has 0 saturated heterocycles. The second-order valence-corrected chi connectivity index (χ2v) is 21.6. The van der Waals surface area contributed by atoms with Gasteiger partial charge in [-0.2, -0.15) is 0 Å². The fourth-order valence-corrected chi connectivity index (χ4v) is 8.25. The zero-order chi connectivity index (χ0) is 60.0. The van der Waals surface area contributed by atoms with E-state index in [0.717, 1.165) is 28.3 Å². The molecular weight excluding hydrogens is 965 g/mol. The molecule has 0 spiro atoms. The Morgan fingerprint density at radius 2 is 0.423 bits per heavy atom. The molecule has 78 heavy (non-hydrogen) atoms. The van der Waals surface area contributed by atoms with Gasteiger partial charge in [0.25, 0.3) is 0 Å². The van der Waals surface area contributed by atoms with Crippen LogP contribution in [0, 0.1) is 203 Å². The fourth-order valence-electron chi connectivity index (χ4n) is 8.25. The SMILES string of the molecule is Cc1c(C)c(C)c(C)c(C)c1C.Cc1cc(C)c(C)c(C)c1.Cc1cc(C)c(C)c(C)c1.Cc1cc(F)cc(C)c1C.Cc1ccc(F)cc1F.Cc1cccc(C)c1C.Cc1cccc(C)c1C.Cc1cccc(F)c1C. The molecule has 0 aliphatic carbocycles. The predicted octanol–water partition coefficient (Wildman–Crippen LogP) is 22.1. The number of hydrogen-bond acceptors (Lipinski definition) is 0. The second-order valence-electron chi connectivity index (χ2n) is 21.6. The van der Waals surface area contributed by atoms with Gasteiger partial charge in [0, 0.05) is 6.07 Å². The molecule has 420 valence electrons. The average molecular weight is 1060 g/mol. The largest absolute Gasteiger partial charge is 0.207 e. The van der Waals surface area contributed by atoms with E-state index in [1.807, 2.05) is 33.8 Å². The lowest BCUT2D eigenvalue weighted by molar-refractivity contribution is 0.577. The zero-order valence-corrected chi connectivity index (χ0v) is 52.9. The molecule has 0 atom stereocenters. The van der Waals surface area contributed by atoms with Crippen LogP contribution in [-0.4, -0.2) is 0 Å². The highest BCUT2D eigenvalue weighted by molar-refractivity contribution is 5.48. The van der Waals surface area contributed by atoms with Crippen molar-refractivity contribution >= 4 is 0 Å². The Kier molecular flexibility index (Phi) is 29.4. The van der Waals surface area contributed by atoms with Gasteiger partial charge in [0.2, 0.25) is 0 Å². The van der Waals surface area contributed by atoms with Gasteiger partial charge in [-0.05, 0) is 338 Å². The van der Waals surface area contributed by atoms with Crippen LogP contribution in [0.3, 0.4) is 0 Å². The first-order valence-electron chi connectivity index (χ1n) is 27.2. The quantitative estimate of drug-likeness (QED) is 0.133. The minimum absolute atomic E-state index is 0.116. The molecule has 0 aromatic heterocycles. The molecule has 8 aromatic carbocycles. The molecule has 0 aliphatic rings. The Morgan fingerprint density at radius 1 is 0.179 bits per heavy atom. The molecule has 8 aromatic rings. The number of hydrogen-bond donors (Lipinski definition) is 0. The summed E-state index contributed by atoms with van der Waals surface area (Å²) in [7, 11) is 0. The summed E-state index contributed by atoms with van der Waals surface area (Å²) in [6.45, 7) is 54.5. The third-order valence-corrected chi connectivity index (χ3v) is 15.8. The van der Waals surface area contributed by atoms with Crippen LogP contribution in [0.1, 0.15) is 145 Å². The van der Waals surface area contributed by atoms with Gasteiger partial charge in [-0.1, -0.05) is 90.0 Å². The maximum atomic E-state index is 12.6. The first-order valence-corrected chi connectivity index (χ1v) is 27.2. The summed E-state index contributed by atoms with van der Waals surface area (Å²) in [6, 6.07) is 33.4. The van der Waals surface area contributed by atoms with Crippen molar-refractivity contribution in [3.63, 3.8) is 0 Å². The van der Waals surface area contributed by atoms with Gasteiger partial charge < -0.3 is 0 Å². The van der Waals surface area contributed by atoms with E-state index in [1.54, 1.807) is 32.0 Å². The van der Waals surface area contributed by atoms with Crippen molar-refractivity contribution in [2.75, 3.05) is 0 Å². The van der Waals surface area contributed by atoms with Gasteiger partial charge in [-0.25, -0.2) is 17.6 Å². The Bertz CT molecular complexity index is 2730. The molecule has 0 unspecified atom stereocenters. The van der Waals surface area contributed by atoms with Crippen molar-refractivity contribution in [2.24, 2.45) is 0 Å². The molecule has 0 heterocycles. The molecule has 0 N–H and O–H groups in total. The van der Waals surface area contributed by atoms with E-state index >= 15 is 0 Å². The maximum Gasteiger partial charge on any atom is 0.129 e. The number of halogens is 4. The van der Waals surface area contributed by atoms with E-state index in [9.17, 15) is 17.6 Å². The summed E-state index contributed by atoms with van der Waals surface area (Å²) in [5.74, 6) is -1.27. The number of benzene rings is 8. The van der Waals surface area contributed by atoms with Crippen molar-refractivity contribution in [3.8, 4) is 0 Å². The summed E-state index contributed by atoms with van der Waals surface area (Å²) in [5, 5.41) is 0. The van der Waals surface area contributed by atoms with E-state index in [0.29, 0.717) is 5.56 Å². The highest BCUT2D eigenvalue weighted by Crippen LogP contribution is 2.25. The van der Waals surface area contributed by atoms with E-state index in [-0.39, 0.29) is 11.6 Å². The third-order valence-electron chi connectivity index (χ3n) is 15.8. The molecule has 0 saturated carbocycles. The molecule has 0 fully saturated rings. The summed E-state index contributed by atoms with van der Waals surface area (Å²) in [5.41, 5.74) is 33.7. The summed E-state index contributed by atoms with van der Waals surface area (Å²) in [4.78, 5) is 0. The van der Waals surface area contributed by atoms with E-state index in [2.05, 4.69) is 199 Å². The lowest BCUT2D eigenvalue weighted by Gasteiger charge is -2.15. The molecule has 8 rings (SSSR count). The molecule has 0 bridgehead atoms. The van der Waals surface area contributed by atoms with Crippen LogP contribution < -0.4 is 0 Å². The van der Waals surface area contributed by atoms with Gasteiger partial charge in [0.15, 0.2) is 0 Å². The predicted molar refractivity (Wildman–Crippen MR) is 335 cm³/mol. The summed E-state index contributed by atoms with van der Waals surface area (Å²) in [6.07, 6.45) is 0. The first kappa shape index (κ1) is 69.5. The second kappa shape index (κ2) is 33.0. The molecular formula is C74H96F4. The molecule has 0 radical (unpaired) electrons. The average Bonchev–Trinajstić information content (AvgIpc) is 3.37. The zero-order valence-electron chi connectivity index (χ0n) is 52.9. The normalized spacial score (nSPS) is 9.92. The number of rotatable bonds is 0. The van der Waals surface area contributed by atoms with Gasteiger partial charge in [0.05, 0.1) is 0 Å². The first-order chi connectivity index (χ1) is 36.1. The monoisotopic (exact) mass is 1060 g/mol. The highest BCUT2D eigenvalue weighted by Gasteiger charge is 2.08. The van der Waals surface area contributed by atoms with Crippen LogP contribution in [0.25, 0.3) is 0 Å². The molecule has 4 heteroatoms. The van der Waals surface area contributed by atoms with Crippen LogP contribution in [-0.2, 0) is 0 Å². The summed E-state index contributed by atoms with van der Waals surface area (Å²) < 4.78 is 49.6. The lowest BCUT2D eigenvalue weighted by atomic mass is 9.90. The van der Waals surface area contributed by atoms with Crippen LogP contribution in [0.5, 0.6) is 0 Å². The Hall–Kier alpha value is -6.52. The summed E-state index contributed by atoms with van der Waals surface area (Å²) >= 11 is 0. The van der Waals surface area contributed by atoms with Gasteiger partial charge in [0.1, 0.15) is 23.3 Å². The van der Waals surface area contributed by atoms with Crippen molar-refractivity contribution in [1.29, 1.82) is 0 Å². The van der Waals surface area contributed by atoms with Gasteiger partial charge in [-0.15, -0.1) is 0 Å². The van der Waals surface area contributed by atoms with Crippen molar-refractivity contribution < 1.29 is 17.6 Å². The Balaban J connectivity index is 0.000000446. The van der Waals surface area contributed by atoms with Gasteiger partial charge >= 0.3 is 0 Å². The standard InChI is InChI=1S/C12H18.2C10H14.C9H11F.2C9H12.C8H9F.C7H6F2/c1-7-8(2)10(4)12(6)11(5)9(7)3;2*1-7-5-8(2)10(4)9(3)6-7;1-6-4-9(10)5-7(2)8(6)3;2*1-7-5-4-6-8(2)9(7)3;1-6-4-3-5-8(9)7(6)2;1-5-2-3-6(8)4-7(5)9/h1-6H3;2*5-6H,1-4H3;4-5H,1-3H3;2*4-6H,1-3H3;3-5H,1-2H3;2-4H,1H3. The molecule has 0 amide bonds. The van der Waals surface area contributed by atoms with Gasteiger partial charge in [-0.3, -0.25) is 0 Å². The van der Waals surface area contributed by atoms with Crippen molar-refractivity contribution in [1.82, 2.24) is 0 Å². The topological polar surface area (TPSA) is 0 Å². The van der Waals surface area contributed by atoms with Crippen LogP contribution in [0.2, 0.25) is 0 Å². The fraction of sp³-hybridized carbons (Fsp3) is 0.351. The van der Waals surface area contributed by atoms with Crippen LogP contribution >= 0.6 is 0 Å². The maximum absolute atomic E-state index is 12.6. The Labute approximate surface area is 472 Å². The van der Waals surface area contributed by atoms with Crippen LogP contribution in [0.15, 0.2) is 109 Å². The minimum Gasteiger partial charge on any atom is -0.207 e. The number of aryl methyl sites for hydroxylation is 14. The minimum atomic E-state index is -0.530. The van der Waals surface area contributed by atoms with Crippen LogP contribution in [0.4, 0.5) is 17.6 Å². The van der Waals surface area contributed by atoms with E-state index in [1.165, 1.54) is 135 Å². The smallest absolute Gasteiger partial charge is 0.129 e. The Morgan fingerprint density at radius 3 is 0.654 bits per heavy atom. The van der Waals surface area contributed by atoms with Crippen molar-refractivity contribution in [2.45, 2.75) is 180 Å². The molecule has 0 nitrogen and oxygen atoms in total. The van der Waals surface area contributed by atoms with Crippen molar-refractivity contribution in [3.05, 3.63) is 277 Å².